The highest BCUT2D eigenvalue weighted by Crippen LogP contribution is 2.49. The minimum absolute atomic E-state index is 0.0968. The molecule has 22 heavy (non-hydrogen) atoms. The van der Waals surface area contributed by atoms with Crippen molar-refractivity contribution < 1.29 is 9.53 Å². The fraction of sp³-hybridized carbons (Fsp3) is 0.588. The molecule has 1 aliphatic carbocycles. The lowest BCUT2D eigenvalue weighted by Crippen LogP contribution is -2.36. The van der Waals surface area contributed by atoms with Gasteiger partial charge in [-0.2, -0.15) is 0 Å². The number of nitrogens with zero attached hydrogens (tertiary/aromatic N) is 1. The van der Waals surface area contributed by atoms with Crippen molar-refractivity contribution in [1.29, 1.82) is 0 Å². The number of carbonyl (C=O) groups excluding carboxylic acids is 1. The molecule has 1 heterocycles. The van der Waals surface area contributed by atoms with Gasteiger partial charge in [-0.3, -0.25) is 4.79 Å². The number of amides is 1. The molecule has 0 radical (unpaired) electrons. The number of rotatable bonds is 5. The first-order valence-corrected chi connectivity index (χ1v) is 8.67. The number of hydrogen-bond donors (Lipinski definition) is 0. The van der Waals surface area contributed by atoms with E-state index in [9.17, 15) is 4.79 Å². The SMILES string of the molecule is CCN(C[C@@H]1CCOC1)C(=O)[C@H]1C[C@H]1c1ccc(Cl)c(Cl)c1. The van der Waals surface area contributed by atoms with E-state index in [2.05, 4.69) is 0 Å². The minimum atomic E-state index is 0.0968. The second-order valence-electron chi connectivity index (χ2n) is 6.23. The van der Waals surface area contributed by atoms with E-state index < -0.39 is 0 Å². The van der Waals surface area contributed by atoms with Gasteiger partial charge in [0.1, 0.15) is 0 Å². The largest absolute Gasteiger partial charge is 0.381 e. The normalized spacial score (nSPS) is 27.0. The highest BCUT2D eigenvalue weighted by Gasteiger charge is 2.45. The van der Waals surface area contributed by atoms with Crippen molar-refractivity contribution in [3.63, 3.8) is 0 Å². The molecule has 0 spiro atoms. The quantitative estimate of drug-likeness (QED) is 0.810. The van der Waals surface area contributed by atoms with Gasteiger partial charge in [0.15, 0.2) is 0 Å². The molecule has 1 amide bonds. The zero-order chi connectivity index (χ0) is 15.7. The van der Waals surface area contributed by atoms with E-state index in [0.29, 0.717) is 16.0 Å². The van der Waals surface area contributed by atoms with E-state index in [1.54, 1.807) is 0 Å². The highest BCUT2D eigenvalue weighted by atomic mass is 35.5. The van der Waals surface area contributed by atoms with E-state index in [0.717, 1.165) is 44.7 Å². The molecular weight excluding hydrogens is 321 g/mol. The maximum Gasteiger partial charge on any atom is 0.226 e. The Bertz CT molecular complexity index is 558. The lowest BCUT2D eigenvalue weighted by Gasteiger charge is -2.24. The second kappa shape index (κ2) is 6.77. The molecule has 3 nitrogen and oxygen atoms in total. The first-order valence-electron chi connectivity index (χ1n) is 7.91. The van der Waals surface area contributed by atoms with Crippen LogP contribution in [0.25, 0.3) is 0 Å². The molecule has 1 aromatic carbocycles. The van der Waals surface area contributed by atoms with Crippen molar-refractivity contribution in [2.24, 2.45) is 11.8 Å². The van der Waals surface area contributed by atoms with Gasteiger partial charge in [-0.1, -0.05) is 29.3 Å². The summed E-state index contributed by atoms with van der Waals surface area (Å²) in [5, 5.41) is 1.12. The van der Waals surface area contributed by atoms with E-state index in [-0.39, 0.29) is 17.7 Å². The van der Waals surface area contributed by atoms with Crippen LogP contribution in [-0.4, -0.2) is 37.1 Å². The van der Waals surface area contributed by atoms with Gasteiger partial charge in [0, 0.05) is 31.5 Å². The Balaban J connectivity index is 1.61. The van der Waals surface area contributed by atoms with E-state index >= 15 is 0 Å². The molecule has 0 aromatic heterocycles. The Labute approximate surface area is 141 Å². The van der Waals surface area contributed by atoms with Crippen molar-refractivity contribution in [2.75, 3.05) is 26.3 Å². The summed E-state index contributed by atoms with van der Waals surface area (Å²) in [6.07, 6.45) is 1.97. The standard InChI is InChI=1S/C17H21Cl2NO2/c1-2-20(9-11-5-6-22-10-11)17(21)14-8-13(14)12-3-4-15(18)16(19)7-12/h3-4,7,11,13-14H,2,5-6,8-10H2,1H3/t11-,13-,14-/m0/s1. The van der Waals surface area contributed by atoms with Crippen LogP contribution in [0, 0.1) is 11.8 Å². The monoisotopic (exact) mass is 341 g/mol. The lowest BCUT2D eigenvalue weighted by molar-refractivity contribution is -0.133. The first-order chi connectivity index (χ1) is 10.6. The molecule has 1 saturated heterocycles. The zero-order valence-corrected chi connectivity index (χ0v) is 14.2. The number of halogens is 2. The summed E-state index contributed by atoms with van der Waals surface area (Å²) in [6.45, 7) is 5.24. The third-order valence-electron chi connectivity index (χ3n) is 4.68. The average Bonchev–Trinajstić information content (AvgIpc) is 3.15. The van der Waals surface area contributed by atoms with Gasteiger partial charge in [-0.25, -0.2) is 0 Å². The van der Waals surface area contributed by atoms with E-state index in [4.69, 9.17) is 27.9 Å². The fourth-order valence-corrected chi connectivity index (χ4v) is 3.53. The van der Waals surface area contributed by atoms with Crippen molar-refractivity contribution in [2.45, 2.75) is 25.7 Å². The van der Waals surface area contributed by atoms with Gasteiger partial charge >= 0.3 is 0 Å². The molecule has 120 valence electrons. The first kappa shape index (κ1) is 16.1. The molecule has 3 atom stereocenters. The summed E-state index contributed by atoms with van der Waals surface area (Å²) in [6, 6.07) is 5.68. The van der Waals surface area contributed by atoms with Crippen molar-refractivity contribution >= 4 is 29.1 Å². The third-order valence-corrected chi connectivity index (χ3v) is 5.41. The molecule has 2 fully saturated rings. The summed E-state index contributed by atoms with van der Waals surface area (Å²) < 4.78 is 5.41. The number of ether oxygens (including phenoxy) is 1. The van der Waals surface area contributed by atoms with Gasteiger partial charge in [0.05, 0.1) is 16.7 Å². The summed E-state index contributed by atoms with van der Waals surface area (Å²) in [5.74, 6) is 1.15. The van der Waals surface area contributed by atoms with Crippen molar-refractivity contribution in [3.8, 4) is 0 Å². The zero-order valence-electron chi connectivity index (χ0n) is 12.7. The van der Waals surface area contributed by atoms with Gasteiger partial charge in [0.25, 0.3) is 0 Å². The minimum Gasteiger partial charge on any atom is -0.381 e. The molecule has 0 N–H and O–H groups in total. The van der Waals surface area contributed by atoms with Crippen LogP contribution >= 0.6 is 23.2 Å². The molecule has 2 aliphatic rings. The summed E-state index contributed by atoms with van der Waals surface area (Å²) in [5.41, 5.74) is 1.12. The molecule has 5 heteroatoms. The van der Waals surface area contributed by atoms with Gasteiger partial charge in [-0.15, -0.1) is 0 Å². The van der Waals surface area contributed by atoms with E-state index in [1.165, 1.54) is 0 Å². The Morgan fingerprint density at radius 1 is 1.36 bits per heavy atom. The average molecular weight is 342 g/mol. The number of carbonyl (C=O) groups is 1. The predicted molar refractivity (Wildman–Crippen MR) is 88.5 cm³/mol. The molecule has 1 saturated carbocycles. The summed E-state index contributed by atoms with van der Waals surface area (Å²) in [4.78, 5) is 14.7. The molecular formula is C17H21Cl2NO2. The Kier molecular flexibility index (Phi) is 4.96. The fourth-order valence-electron chi connectivity index (χ4n) is 3.23. The van der Waals surface area contributed by atoms with Gasteiger partial charge in [-0.05, 0) is 43.4 Å². The smallest absolute Gasteiger partial charge is 0.226 e. The van der Waals surface area contributed by atoms with Crippen LogP contribution in [0.5, 0.6) is 0 Å². The molecule has 0 unspecified atom stereocenters. The van der Waals surface area contributed by atoms with Crippen LogP contribution in [0.15, 0.2) is 18.2 Å². The third kappa shape index (κ3) is 3.42. The maximum atomic E-state index is 12.7. The van der Waals surface area contributed by atoms with Crippen molar-refractivity contribution in [3.05, 3.63) is 33.8 Å². The lowest BCUT2D eigenvalue weighted by atomic mass is 10.1. The predicted octanol–water partition coefficient (Wildman–Crippen LogP) is 3.98. The van der Waals surface area contributed by atoms with E-state index in [1.807, 2.05) is 30.0 Å². The van der Waals surface area contributed by atoms with Crippen LogP contribution in [-0.2, 0) is 9.53 Å². The Morgan fingerprint density at radius 2 is 2.18 bits per heavy atom. The van der Waals surface area contributed by atoms with Crippen LogP contribution in [0.4, 0.5) is 0 Å². The molecule has 1 aliphatic heterocycles. The van der Waals surface area contributed by atoms with Crippen LogP contribution in [0.1, 0.15) is 31.2 Å². The molecule has 3 rings (SSSR count). The number of hydrogen-bond acceptors (Lipinski definition) is 2. The van der Waals surface area contributed by atoms with Crippen LogP contribution in [0.3, 0.4) is 0 Å². The Hall–Kier alpha value is -0.770. The summed E-state index contributed by atoms with van der Waals surface area (Å²) in [7, 11) is 0. The molecule has 0 bridgehead atoms. The summed E-state index contributed by atoms with van der Waals surface area (Å²) >= 11 is 12.0. The van der Waals surface area contributed by atoms with Gasteiger partial charge in [0.2, 0.25) is 5.91 Å². The Morgan fingerprint density at radius 3 is 2.82 bits per heavy atom. The number of benzene rings is 1. The topological polar surface area (TPSA) is 29.5 Å². The molecule has 1 aromatic rings. The highest BCUT2D eigenvalue weighted by molar-refractivity contribution is 6.42. The second-order valence-corrected chi connectivity index (χ2v) is 7.04. The maximum absolute atomic E-state index is 12.7. The van der Waals surface area contributed by atoms with Crippen LogP contribution < -0.4 is 0 Å². The van der Waals surface area contributed by atoms with Gasteiger partial charge < -0.3 is 9.64 Å². The van der Waals surface area contributed by atoms with Crippen LogP contribution in [0.2, 0.25) is 10.0 Å². The van der Waals surface area contributed by atoms with Crippen molar-refractivity contribution in [1.82, 2.24) is 4.90 Å².